The third-order valence-corrected chi connectivity index (χ3v) is 7.40. The monoisotopic (exact) mass is 531 g/mol. The number of hydrogen-bond acceptors (Lipinski definition) is 4. The molecule has 1 aliphatic heterocycles. The number of thiazole rings is 1. The lowest BCUT2D eigenvalue weighted by Crippen LogP contribution is -2.22. The summed E-state index contributed by atoms with van der Waals surface area (Å²) in [4.78, 5) is 23.0. The predicted octanol–water partition coefficient (Wildman–Crippen LogP) is 4.72. The van der Waals surface area contributed by atoms with Crippen LogP contribution in [0.25, 0.3) is 11.3 Å². The molecule has 0 saturated carbocycles. The molecule has 5 nitrogen and oxygen atoms in total. The Bertz CT molecular complexity index is 1600. The average Bonchev–Trinajstić information content (AvgIpc) is 3.34. The molecule has 0 aliphatic carbocycles. The van der Waals surface area contributed by atoms with Crippen molar-refractivity contribution < 1.29 is 9.90 Å². The number of aryl methyl sites for hydroxylation is 2. The van der Waals surface area contributed by atoms with Gasteiger partial charge in [0.25, 0.3) is 5.91 Å². The van der Waals surface area contributed by atoms with Gasteiger partial charge in [-0.15, -0.1) is 0 Å². The number of nitrogens with zero attached hydrogens (tertiary/aromatic N) is 3. The Morgan fingerprint density at radius 2 is 1.62 bits per heavy atom. The number of halogens is 1. The molecule has 1 aromatic heterocycles. The molecule has 3 aromatic carbocycles. The molecule has 170 valence electrons. The Hall–Kier alpha value is -3.29. The Labute approximate surface area is 209 Å². The van der Waals surface area contributed by atoms with Gasteiger partial charge in [0.2, 0.25) is 5.88 Å². The number of aromatic nitrogens is 1. The number of hydrogen-bond donors (Lipinski definition) is 1. The fourth-order valence-electron chi connectivity index (χ4n) is 3.95. The third kappa shape index (κ3) is 4.06. The second-order valence-electron chi connectivity index (χ2n) is 7.98. The van der Waals surface area contributed by atoms with Gasteiger partial charge >= 0.3 is 0 Å². The number of rotatable bonds is 5. The van der Waals surface area contributed by atoms with E-state index in [1.807, 2.05) is 48.5 Å². The number of aromatic hydroxyl groups is 1. The highest BCUT2D eigenvalue weighted by Gasteiger charge is 2.26. The Balaban J connectivity index is 1.78. The highest BCUT2D eigenvalue weighted by atomic mass is 79.9. The van der Waals surface area contributed by atoms with Crippen LogP contribution in [-0.2, 0) is 17.6 Å². The molecule has 0 unspecified atom stereocenters. The fourth-order valence-corrected chi connectivity index (χ4v) is 5.41. The van der Waals surface area contributed by atoms with Crippen molar-refractivity contribution in [2.24, 2.45) is 9.98 Å². The van der Waals surface area contributed by atoms with Crippen LogP contribution >= 0.6 is 27.3 Å². The van der Waals surface area contributed by atoms with E-state index < -0.39 is 0 Å². The Morgan fingerprint density at radius 3 is 2.26 bits per heavy atom. The highest BCUT2D eigenvalue weighted by Crippen LogP contribution is 2.31. The molecule has 5 rings (SSSR count). The number of carbonyl (C=O) groups is 1. The first-order valence-electron chi connectivity index (χ1n) is 11.1. The van der Waals surface area contributed by atoms with Gasteiger partial charge < -0.3 is 5.11 Å². The first kappa shape index (κ1) is 22.5. The van der Waals surface area contributed by atoms with Crippen molar-refractivity contribution in [3.8, 4) is 11.6 Å². The molecule has 0 fully saturated rings. The van der Waals surface area contributed by atoms with E-state index in [1.54, 1.807) is 10.6 Å². The van der Waals surface area contributed by atoms with Crippen LogP contribution in [0.3, 0.4) is 0 Å². The summed E-state index contributed by atoms with van der Waals surface area (Å²) in [6.07, 6.45) is 1.87. The smallest absolute Gasteiger partial charge is 0.279 e. The van der Waals surface area contributed by atoms with Crippen LogP contribution in [0.15, 0.2) is 81.2 Å². The molecular formula is C27H22BrN3O2S. The second kappa shape index (κ2) is 9.16. The molecule has 0 spiro atoms. The van der Waals surface area contributed by atoms with Crippen molar-refractivity contribution in [3.05, 3.63) is 103 Å². The van der Waals surface area contributed by atoms with Crippen LogP contribution < -0.4 is 15.4 Å². The SMILES string of the molecule is CCc1ccc(N=c2sc(C3=c4cc(Br)ccc4=NC3=O)c(O)n2-c2ccc(CC)cc2)cc1. The van der Waals surface area contributed by atoms with Crippen LogP contribution in [0.2, 0.25) is 0 Å². The van der Waals surface area contributed by atoms with Gasteiger partial charge in [-0.1, -0.05) is 65.4 Å². The van der Waals surface area contributed by atoms with Crippen molar-refractivity contribution >= 4 is 44.4 Å². The van der Waals surface area contributed by atoms with Crippen LogP contribution in [0.4, 0.5) is 5.69 Å². The van der Waals surface area contributed by atoms with Gasteiger partial charge in [0.05, 0.1) is 22.3 Å². The van der Waals surface area contributed by atoms with E-state index in [1.165, 1.54) is 22.5 Å². The predicted molar refractivity (Wildman–Crippen MR) is 138 cm³/mol. The van der Waals surface area contributed by atoms with Crippen LogP contribution in [0.5, 0.6) is 5.88 Å². The lowest BCUT2D eigenvalue weighted by molar-refractivity contribution is -0.112. The van der Waals surface area contributed by atoms with Gasteiger partial charge in [-0.25, -0.2) is 9.98 Å². The van der Waals surface area contributed by atoms with Gasteiger partial charge in [0.15, 0.2) is 4.80 Å². The maximum Gasteiger partial charge on any atom is 0.279 e. The van der Waals surface area contributed by atoms with Gasteiger partial charge in [-0.05, 0) is 66.4 Å². The molecule has 7 heteroatoms. The largest absolute Gasteiger partial charge is 0.493 e. The zero-order valence-corrected chi connectivity index (χ0v) is 21.2. The maximum atomic E-state index is 12.9. The number of amides is 1. The van der Waals surface area contributed by atoms with E-state index in [-0.39, 0.29) is 11.8 Å². The number of benzene rings is 3. The molecule has 2 heterocycles. The van der Waals surface area contributed by atoms with Crippen molar-refractivity contribution in [1.82, 2.24) is 4.57 Å². The van der Waals surface area contributed by atoms with Crippen molar-refractivity contribution in [2.45, 2.75) is 26.7 Å². The molecule has 1 amide bonds. The molecule has 0 atom stereocenters. The molecule has 1 N–H and O–H groups in total. The fraction of sp³-hybridized carbons (Fsp3) is 0.148. The molecule has 0 saturated heterocycles. The minimum Gasteiger partial charge on any atom is -0.493 e. The Kier molecular flexibility index (Phi) is 6.06. The normalized spacial score (nSPS) is 13.3. The van der Waals surface area contributed by atoms with E-state index in [0.717, 1.165) is 28.7 Å². The Morgan fingerprint density at radius 1 is 0.971 bits per heavy atom. The zero-order chi connectivity index (χ0) is 23.8. The summed E-state index contributed by atoms with van der Waals surface area (Å²) in [6, 6.07) is 21.5. The van der Waals surface area contributed by atoms with Crippen LogP contribution in [0.1, 0.15) is 29.9 Å². The summed E-state index contributed by atoms with van der Waals surface area (Å²) in [5, 5.41) is 12.7. The summed E-state index contributed by atoms with van der Waals surface area (Å²) in [5.74, 6) is -0.387. The van der Waals surface area contributed by atoms with Gasteiger partial charge in [-0.2, -0.15) is 0 Å². The van der Waals surface area contributed by atoms with E-state index in [0.29, 0.717) is 25.8 Å². The standard InChI is InChI=1S/C27H22BrN3O2S/c1-3-16-5-10-19(11-6-16)29-27-31(20-12-7-17(4-2)8-13-20)26(33)24(34-27)23-21-15-18(28)9-14-22(21)30-25(23)32/h5-15,33H,3-4H2,1-2H3. The number of fused-ring (bicyclic) bond motifs is 1. The molecule has 4 aromatic rings. The lowest BCUT2D eigenvalue weighted by atomic mass is 10.1. The summed E-state index contributed by atoms with van der Waals surface area (Å²) in [5.41, 5.74) is 4.37. The molecule has 0 bridgehead atoms. The van der Waals surface area contributed by atoms with Gasteiger partial charge in [0, 0.05) is 9.69 Å². The molecular weight excluding hydrogens is 510 g/mol. The van der Waals surface area contributed by atoms with Crippen molar-refractivity contribution in [2.75, 3.05) is 0 Å². The number of carbonyl (C=O) groups excluding carboxylic acids is 1. The summed E-state index contributed by atoms with van der Waals surface area (Å²) >= 11 is 4.76. The van der Waals surface area contributed by atoms with Gasteiger partial charge in [-0.3, -0.25) is 9.36 Å². The topological polar surface area (TPSA) is 66.9 Å². The summed E-state index contributed by atoms with van der Waals surface area (Å²) in [7, 11) is 0. The average molecular weight is 532 g/mol. The minimum absolute atomic E-state index is 0.0236. The summed E-state index contributed by atoms with van der Waals surface area (Å²) in [6.45, 7) is 4.21. The van der Waals surface area contributed by atoms with E-state index >= 15 is 0 Å². The van der Waals surface area contributed by atoms with E-state index in [9.17, 15) is 9.90 Å². The molecule has 0 radical (unpaired) electrons. The highest BCUT2D eigenvalue weighted by molar-refractivity contribution is 9.10. The molecule has 1 aliphatic rings. The zero-order valence-electron chi connectivity index (χ0n) is 18.7. The van der Waals surface area contributed by atoms with E-state index in [4.69, 9.17) is 4.99 Å². The molecule has 34 heavy (non-hydrogen) atoms. The van der Waals surface area contributed by atoms with Crippen molar-refractivity contribution in [1.29, 1.82) is 0 Å². The minimum atomic E-state index is -0.364. The quantitative estimate of drug-likeness (QED) is 0.404. The third-order valence-electron chi connectivity index (χ3n) is 5.86. The maximum absolute atomic E-state index is 12.9. The van der Waals surface area contributed by atoms with Crippen LogP contribution in [-0.4, -0.2) is 15.6 Å². The van der Waals surface area contributed by atoms with E-state index in [2.05, 4.69) is 46.9 Å². The second-order valence-corrected chi connectivity index (χ2v) is 9.87. The van der Waals surface area contributed by atoms with Crippen LogP contribution in [0, 0.1) is 0 Å². The lowest BCUT2D eigenvalue weighted by Gasteiger charge is -2.07. The van der Waals surface area contributed by atoms with Crippen molar-refractivity contribution in [3.63, 3.8) is 0 Å². The van der Waals surface area contributed by atoms with Gasteiger partial charge in [0.1, 0.15) is 4.88 Å². The first-order chi connectivity index (χ1) is 16.5. The first-order valence-corrected chi connectivity index (χ1v) is 12.7. The summed E-state index contributed by atoms with van der Waals surface area (Å²) < 4.78 is 2.54.